The Labute approximate surface area is 115 Å². The van der Waals surface area contributed by atoms with Crippen molar-refractivity contribution in [3.8, 4) is 0 Å². The van der Waals surface area contributed by atoms with Crippen LogP contribution in [0.1, 0.15) is 51.3 Å². The van der Waals surface area contributed by atoms with Gasteiger partial charge in [0.05, 0.1) is 11.7 Å². The van der Waals surface area contributed by atoms with Crippen LogP contribution in [0, 0.1) is 0 Å². The molecule has 1 aliphatic rings. The van der Waals surface area contributed by atoms with Crippen LogP contribution in [0.15, 0.2) is 6.33 Å². The van der Waals surface area contributed by atoms with Crippen LogP contribution in [0.5, 0.6) is 0 Å². The highest BCUT2D eigenvalue weighted by Crippen LogP contribution is 2.34. The van der Waals surface area contributed by atoms with Crippen LogP contribution in [-0.2, 0) is 17.7 Å². The predicted octanol–water partition coefficient (Wildman–Crippen LogP) is 1.94. The molecule has 0 aromatic carbocycles. The second kappa shape index (κ2) is 6.48. The zero-order valence-corrected chi connectivity index (χ0v) is 12.0. The molecule has 1 aromatic rings. The summed E-state index contributed by atoms with van der Waals surface area (Å²) in [5.74, 6) is 0.843. The van der Waals surface area contributed by atoms with E-state index < -0.39 is 11.7 Å². The summed E-state index contributed by atoms with van der Waals surface area (Å²) in [6.07, 6.45) is 8.17. The van der Waals surface area contributed by atoms with Crippen molar-refractivity contribution in [1.29, 1.82) is 0 Å². The first-order valence-electron chi connectivity index (χ1n) is 7.32. The minimum atomic E-state index is -0.509. The van der Waals surface area contributed by atoms with Crippen molar-refractivity contribution in [2.24, 2.45) is 0 Å². The Kier molecular flexibility index (Phi) is 4.93. The molecule has 1 atom stereocenters. The Morgan fingerprint density at radius 3 is 2.63 bits per heavy atom. The predicted molar refractivity (Wildman–Crippen MR) is 72.8 cm³/mol. The first-order valence-corrected chi connectivity index (χ1v) is 7.32. The van der Waals surface area contributed by atoms with Gasteiger partial charge in [-0.15, -0.1) is 0 Å². The fourth-order valence-electron chi connectivity index (χ4n) is 3.07. The van der Waals surface area contributed by atoms with Crippen LogP contribution in [-0.4, -0.2) is 38.7 Å². The zero-order valence-electron chi connectivity index (χ0n) is 12.0. The Bertz CT molecular complexity index is 384. The van der Waals surface area contributed by atoms with Gasteiger partial charge in [0, 0.05) is 20.1 Å². The third-order valence-corrected chi connectivity index (χ3v) is 4.33. The fraction of sp³-hybridized carbons (Fsp3) is 0.857. The van der Waals surface area contributed by atoms with Gasteiger partial charge in [0.15, 0.2) is 0 Å². The van der Waals surface area contributed by atoms with Gasteiger partial charge in [0.1, 0.15) is 12.2 Å². The SMILES string of the molecule is CCn1ncnc1CC(O)C1(OC)CCCCCC1. The van der Waals surface area contributed by atoms with E-state index in [2.05, 4.69) is 10.1 Å². The summed E-state index contributed by atoms with van der Waals surface area (Å²) in [5.41, 5.74) is -0.402. The molecule has 1 aromatic heterocycles. The van der Waals surface area contributed by atoms with Gasteiger partial charge >= 0.3 is 0 Å². The standard InChI is InChI=1S/C14H25N3O2/c1-3-17-13(15-11-16-17)10-12(18)14(19-2)8-6-4-5-7-9-14/h11-12,18H,3-10H2,1-2H3. The van der Waals surface area contributed by atoms with Gasteiger partial charge in [-0.1, -0.05) is 25.7 Å². The van der Waals surface area contributed by atoms with E-state index in [9.17, 15) is 5.11 Å². The van der Waals surface area contributed by atoms with Crippen LogP contribution in [0.3, 0.4) is 0 Å². The molecule has 0 amide bonds. The highest BCUT2D eigenvalue weighted by Gasteiger charge is 2.38. The second-order valence-corrected chi connectivity index (χ2v) is 5.40. The van der Waals surface area contributed by atoms with E-state index in [4.69, 9.17) is 4.74 Å². The lowest BCUT2D eigenvalue weighted by Crippen LogP contribution is -2.45. The van der Waals surface area contributed by atoms with Crippen molar-refractivity contribution in [3.05, 3.63) is 12.2 Å². The number of ether oxygens (including phenoxy) is 1. The smallest absolute Gasteiger partial charge is 0.138 e. The number of nitrogens with zero attached hydrogens (tertiary/aromatic N) is 3. The minimum absolute atomic E-state index is 0.402. The fourth-order valence-corrected chi connectivity index (χ4v) is 3.07. The molecule has 0 aliphatic heterocycles. The van der Waals surface area contributed by atoms with Crippen LogP contribution >= 0.6 is 0 Å². The molecule has 0 bridgehead atoms. The lowest BCUT2D eigenvalue weighted by atomic mass is 9.86. The molecule has 108 valence electrons. The average molecular weight is 267 g/mol. The Morgan fingerprint density at radius 1 is 1.37 bits per heavy atom. The molecule has 2 rings (SSSR count). The van der Waals surface area contributed by atoms with Gasteiger partial charge in [0.2, 0.25) is 0 Å². The molecule has 5 heteroatoms. The van der Waals surface area contributed by atoms with Crippen molar-refractivity contribution < 1.29 is 9.84 Å². The summed E-state index contributed by atoms with van der Waals surface area (Å²) in [6, 6.07) is 0. The van der Waals surface area contributed by atoms with Crippen LogP contribution in [0.2, 0.25) is 0 Å². The summed E-state index contributed by atoms with van der Waals surface area (Å²) in [7, 11) is 1.72. The highest BCUT2D eigenvalue weighted by molar-refractivity contribution is 4.97. The molecule has 1 saturated carbocycles. The van der Waals surface area contributed by atoms with E-state index in [-0.39, 0.29) is 0 Å². The molecule has 1 unspecified atom stereocenters. The number of hydrogen-bond acceptors (Lipinski definition) is 4. The summed E-state index contributed by atoms with van der Waals surface area (Å²) in [6.45, 7) is 2.81. The summed E-state index contributed by atoms with van der Waals surface area (Å²) >= 11 is 0. The largest absolute Gasteiger partial charge is 0.390 e. The first kappa shape index (κ1) is 14.5. The van der Waals surface area contributed by atoms with E-state index in [0.717, 1.165) is 38.1 Å². The summed E-state index contributed by atoms with van der Waals surface area (Å²) in [4.78, 5) is 4.25. The average Bonchev–Trinajstić information content (AvgIpc) is 2.73. The van der Waals surface area contributed by atoms with Crippen molar-refractivity contribution in [2.45, 2.75) is 70.1 Å². The molecule has 1 N–H and O–H groups in total. The van der Waals surface area contributed by atoms with E-state index >= 15 is 0 Å². The first-order chi connectivity index (χ1) is 9.22. The lowest BCUT2D eigenvalue weighted by Gasteiger charge is -2.36. The number of rotatable bonds is 5. The van der Waals surface area contributed by atoms with Crippen molar-refractivity contribution in [3.63, 3.8) is 0 Å². The van der Waals surface area contributed by atoms with Crippen molar-refractivity contribution in [1.82, 2.24) is 14.8 Å². The van der Waals surface area contributed by atoms with Gasteiger partial charge in [-0.3, -0.25) is 4.68 Å². The topological polar surface area (TPSA) is 60.2 Å². The minimum Gasteiger partial charge on any atom is -0.390 e. The molecule has 0 saturated heterocycles. The molecule has 1 heterocycles. The number of hydrogen-bond donors (Lipinski definition) is 1. The highest BCUT2D eigenvalue weighted by atomic mass is 16.5. The summed E-state index contributed by atoms with van der Waals surface area (Å²) in [5, 5.41) is 14.8. The molecule has 0 radical (unpaired) electrons. The van der Waals surface area contributed by atoms with Crippen LogP contribution in [0.25, 0.3) is 0 Å². The van der Waals surface area contributed by atoms with Crippen LogP contribution in [0.4, 0.5) is 0 Å². The number of aryl methyl sites for hydroxylation is 1. The normalized spacial score (nSPS) is 21.0. The Balaban J connectivity index is 2.09. The van der Waals surface area contributed by atoms with Gasteiger partial charge in [0.25, 0.3) is 0 Å². The molecule has 5 nitrogen and oxygen atoms in total. The Morgan fingerprint density at radius 2 is 2.05 bits per heavy atom. The van der Waals surface area contributed by atoms with Gasteiger partial charge in [-0.2, -0.15) is 5.10 Å². The third-order valence-electron chi connectivity index (χ3n) is 4.33. The molecule has 1 fully saturated rings. The number of aromatic nitrogens is 3. The maximum atomic E-state index is 10.6. The van der Waals surface area contributed by atoms with Gasteiger partial charge in [-0.25, -0.2) is 4.98 Å². The molecule has 1 aliphatic carbocycles. The maximum absolute atomic E-state index is 10.6. The number of aliphatic hydroxyl groups excluding tert-OH is 1. The number of methoxy groups -OCH3 is 1. The van der Waals surface area contributed by atoms with Gasteiger partial charge in [-0.05, 0) is 19.8 Å². The zero-order chi connectivity index (χ0) is 13.7. The molecular weight excluding hydrogens is 242 g/mol. The van der Waals surface area contributed by atoms with Crippen molar-refractivity contribution >= 4 is 0 Å². The molecule has 19 heavy (non-hydrogen) atoms. The second-order valence-electron chi connectivity index (χ2n) is 5.40. The van der Waals surface area contributed by atoms with E-state index in [1.807, 2.05) is 11.6 Å². The Hall–Kier alpha value is -0.940. The van der Waals surface area contributed by atoms with Crippen LogP contribution < -0.4 is 0 Å². The molecular formula is C14H25N3O2. The molecule has 0 spiro atoms. The monoisotopic (exact) mass is 267 g/mol. The van der Waals surface area contributed by atoms with E-state index in [1.54, 1.807) is 13.4 Å². The van der Waals surface area contributed by atoms with Crippen molar-refractivity contribution in [2.75, 3.05) is 7.11 Å². The van der Waals surface area contributed by atoms with E-state index in [0.29, 0.717) is 6.42 Å². The number of aliphatic hydroxyl groups is 1. The maximum Gasteiger partial charge on any atom is 0.138 e. The van der Waals surface area contributed by atoms with Gasteiger partial charge < -0.3 is 9.84 Å². The quantitative estimate of drug-likeness (QED) is 0.828. The van der Waals surface area contributed by atoms with E-state index in [1.165, 1.54) is 12.8 Å². The summed E-state index contributed by atoms with van der Waals surface area (Å²) < 4.78 is 7.57. The third kappa shape index (κ3) is 3.15. The lowest BCUT2D eigenvalue weighted by molar-refractivity contribution is -0.111.